The first-order valence-corrected chi connectivity index (χ1v) is 4.93. The molecule has 0 fully saturated rings. The van der Waals surface area contributed by atoms with E-state index in [1.807, 2.05) is 12.1 Å². The van der Waals surface area contributed by atoms with Crippen LogP contribution >= 0.6 is 27.5 Å². The molecule has 1 aromatic carbocycles. The highest BCUT2D eigenvalue weighted by Gasteiger charge is 1.93. The molecule has 0 bridgehead atoms. The molecule has 0 aliphatic rings. The molecule has 0 spiro atoms. The lowest BCUT2D eigenvalue weighted by Gasteiger charge is -1.99. The van der Waals surface area contributed by atoms with Gasteiger partial charge in [0.25, 0.3) is 0 Å². The quantitative estimate of drug-likeness (QED) is 0.751. The van der Waals surface area contributed by atoms with Gasteiger partial charge in [-0.15, -0.1) is 0 Å². The Morgan fingerprint density at radius 3 is 2.42 bits per heavy atom. The van der Waals surface area contributed by atoms with Crippen LogP contribution in [0, 0.1) is 0 Å². The van der Waals surface area contributed by atoms with Crippen LogP contribution in [0.25, 0.3) is 0 Å². The van der Waals surface area contributed by atoms with Crippen LogP contribution in [-0.4, -0.2) is 0 Å². The highest BCUT2D eigenvalue weighted by molar-refractivity contribution is 9.10. The molecule has 0 saturated carbocycles. The van der Waals surface area contributed by atoms with Gasteiger partial charge in [-0.3, -0.25) is 0 Å². The molecular formula is C10H10BrCl. The molecule has 2 heteroatoms. The number of aryl methyl sites for hydroxylation is 1. The van der Waals surface area contributed by atoms with Gasteiger partial charge in [0.2, 0.25) is 0 Å². The van der Waals surface area contributed by atoms with Crippen molar-refractivity contribution < 1.29 is 0 Å². The summed E-state index contributed by atoms with van der Waals surface area (Å²) in [4.78, 5) is 0. The van der Waals surface area contributed by atoms with E-state index in [-0.39, 0.29) is 0 Å². The van der Waals surface area contributed by atoms with Crippen LogP contribution in [0.4, 0.5) is 0 Å². The van der Waals surface area contributed by atoms with Crippen molar-refractivity contribution in [1.82, 2.24) is 0 Å². The highest BCUT2D eigenvalue weighted by atomic mass is 79.9. The average Bonchev–Trinajstić information content (AvgIpc) is 2.03. The second-order valence-corrected chi connectivity index (χ2v) is 4.09. The molecule has 1 aromatic rings. The number of rotatable bonds is 3. The second-order valence-electron chi connectivity index (χ2n) is 2.64. The number of hydrogen-bond acceptors (Lipinski definition) is 0. The maximum Gasteiger partial charge on any atom is 0.0175 e. The van der Waals surface area contributed by atoms with E-state index in [9.17, 15) is 0 Å². The van der Waals surface area contributed by atoms with Crippen molar-refractivity contribution in [3.63, 3.8) is 0 Å². The smallest absolute Gasteiger partial charge is 0.0175 e. The summed E-state index contributed by atoms with van der Waals surface area (Å²) in [5, 5.41) is 0.720. The van der Waals surface area contributed by atoms with Gasteiger partial charge >= 0.3 is 0 Å². The summed E-state index contributed by atoms with van der Waals surface area (Å²) < 4.78 is 1.11. The van der Waals surface area contributed by atoms with E-state index in [0.717, 1.165) is 22.3 Å². The van der Waals surface area contributed by atoms with E-state index in [1.165, 1.54) is 5.56 Å². The van der Waals surface area contributed by atoms with Crippen molar-refractivity contribution >= 4 is 27.5 Å². The Hall–Kier alpha value is -0.270. The Balaban J connectivity index is 2.53. The predicted molar refractivity (Wildman–Crippen MR) is 57.5 cm³/mol. The largest absolute Gasteiger partial charge is 0.0898 e. The Bertz CT molecular complexity index is 264. The molecule has 1 rings (SSSR count). The highest BCUT2D eigenvalue weighted by Crippen LogP contribution is 2.14. The van der Waals surface area contributed by atoms with Gasteiger partial charge in [-0.25, -0.2) is 0 Å². The van der Waals surface area contributed by atoms with Crippen molar-refractivity contribution in [3.8, 4) is 0 Å². The summed E-state index contributed by atoms with van der Waals surface area (Å²) in [6, 6.07) is 8.24. The minimum atomic E-state index is 0.720. The van der Waals surface area contributed by atoms with Crippen LogP contribution in [0.5, 0.6) is 0 Å². The molecular weight excluding hydrogens is 235 g/mol. The van der Waals surface area contributed by atoms with Crippen LogP contribution in [0.3, 0.4) is 0 Å². The van der Waals surface area contributed by atoms with Crippen molar-refractivity contribution in [2.24, 2.45) is 0 Å². The van der Waals surface area contributed by atoms with E-state index in [0.29, 0.717) is 0 Å². The second kappa shape index (κ2) is 4.68. The van der Waals surface area contributed by atoms with E-state index in [2.05, 4.69) is 34.6 Å². The Kier molecular flexibility index (Phi) is 3.83. The molecule has 0 nitrogen and oxygen atoms in total. The van der Waals surface area contributed by atoms with Gasteiger partial charge in [-0.2, -0.15) is 0 Å². The van der Waals surface area contributed by atoms with Gasteiger partial charge in [0.05, 0.1) is 0 Å². The zero-order valence-electron chi connectivity index (χ0n) is 6.69. The molecule has 0 amide bonds. The van der Waals surface area contributed by atoms with Gasteiger partial charge < -0.3 is 0 Å². The van der Waals surface area contributed by atoms with E-state index < -0.39 is 0 Å². The third-order valence-electron chi connectivity index (χ3n) is 1.60. The Labute approximate surface area is 86.4 Å². The summed E-state index contributed by atoms with van der Waals surface area (Å²) in [6.07, 6.45) is 1.82. The third kappa shape index (κ3) is 3.42. The Morgan fingerprint density at radius 2 is 1.92 bits per heavy atom. The SMILES string of the molecule is C=C(Cl)CCc1ccc(Br)cc1. The van der Waals surface area contributed by atoms with Gasteiger partial charge in [-0.1, -0.05) is 46.2 Å². The lowest BCUT2D eigenvalue weighted by atomic mass is 10.1. The first kappa shape index (κ1) is 9.82. The normalized spacial score (nSPS) is 9.83. The molecule has 0 radical (unpaired) electrons. The minimum Gasteiger partial charge on any atom is -0.0898 e. The molecule has 0 unspecified atom stereocenters. The van der Waals surface area contributed by atoms with E-state index in [1.54, 1.807) is 0 Å². The summed E-state index contributed by atoms with van der Waals surface area (Å²) in [5.74, 6) is 0. The average molecular weight is 246 g/mol. The number of allylic oxidation sites excluding steroid dienone is 1. The third-order valence-corrected chi connectivity index (χ3v) is 2.32. The number of hydrogen-bond donors (Lipinski definition) is 0. The van der Waals surface area contributed by atoms with Crippen molar-refractivity contribution in [2.75, 3.05) is 0 Å². The molecule has 12 heavy (non-hydrogen) atoms. The van der Waals surface area contributed by atoms with Gasteiger partial charge in [-0.05, 0) is 30.5 Å². The summed E-state index contributed by atoms with van der Waals surface area (Å²) in [5.41, 5.74) is 1.29. The summed E-state index contributed by atoms with van der Waals surface area (Å²) in [7, 11) is 0. The van der Waals surface area contributed by atoms with E-state index in [4.69, 9.17) is 11.6 Å². The maximum absolute atomic E-state index is 5.66. The van der Waals surface area contributed by atoms with Gasteiger partial charge in [0.1, 0.15) is 0 Å². The number of halogens is 2. The lowest BCUT2D eigenvalue weighted by Crippen LogP contribution is -1.83. The molecule has 64 valence electrons. The fourth-order valence-corrected chi connectivity index (χ4v) is 1.29. The maximum atomic E-state index is 5.66. The van der Waals surface area contributed by atoms with Crippen molar-refractivity contribution in [3.05, 3.63) is 45.9 Å². The van der Waals surface area contributed by atoms with Crippen LogP contribution < -0.4 is 0 Å². The standard InChI is InChI=1S/C10H10BrCl/c1-8(12)2-3-9-4-6-10(11)7-5-9/h4-7H,1-3H2. The molecule has 0 aliphatic carbocycles. The first-order valence-electron chi connectivity index (χ1n) is 3.76. The van der Waals surface area contributed by atoms with Gasteiger partial charge in [0, 0.05) is 9.51 Å². The fraction of sp³-hybridized carbons (Fsp3) is 0.200. The fourth-order valence-electron chi connectivity index (χ4n) is 0.931. The van der Waals surface area contributed by atoms with Crippen molar-refractivity contribution in [2.45, 2.75) is 12.8 Å². The zero-order valence-corrected chi connectivity index (χ0v) is 9.03. The molecule has 0 aliphatic heterocycles. The molecule has 0 saturated heterocycles. The van der Waals surface area contributed by atoms with Crippen LogP contribution in [0.1, 0.15) is 12.0 Å². The summed E-state index contributed by atoms with van der Waals surface area (Å²) in [6.45, 7) is 3.64. The Morgan fingerprint density at radius 1 is 1.33 bits per heavy atom. The molecule has 0 heterocycles. The van der Waals surface area contributed by atoms with Crippen molar-refractivity contribution in [1.29, 1.82) is 0 Å². The minimum absolute atomic E-state index is 0.720. The lowest BCUT2D eigenvalue weighted by molar-refractivity contribution is 0.989. The molecule has 0 aromatic heterocycles. The zero-order chi connectivity index (χ0) is 8.97. The van der Waals surface area contributed by atoms with Crippen LogP contribution in [0.15, 0.2) is 40.3 Å². The molecule has 0 N–H and O–H groups in total. The van der Waals surface area contributed by atoms with Gasteiger partial charge in [0.15, 0.2) is 0 Å². The van der Waals surface area contributed by atoms with E-state index >= 15 is 0 Å². The topological polar surface area (TPSA) is 0 Å². The predicted octanol–water partition coefficient (Wildman–Crippen LogP) is 4.13. The monoisotopic (exact) mass is 244 g/mol. The number of benzene rings is 1. The first-order chi connectivity index (χ1) is 5.68. The summed E-state index contributed by atoms with van der Waals surface area (Å²) >= 11 is 9.04. The van der Waals surface area contributed by atoms with Crippen LogP contribution in [0.2, 0.25) is 0 Å². The van der Waals surface area contributed by atoms with Crippen LogP contribution in [-0.2, 0) is 6.42 Å². The molecule has 0 atom stereocenters.